The van der Waals surface area contributed by atoms with Gasteiger partial charge in [-0.2, -0.15) is 0 Å². The van der Waals surface area contributed by atoms with Crippen molar-refractivity contribution in [3.63, 3.8) is 0 Å². The molecule has 1 saturated heterocycles. The SMILES string of the molecule is C[SiH](C)O[C@]1(C(=O)CCO)C[C@H](C(C)(C)C)CN1C(=O)OC(C)(C)C. The highest BCUT2D eigenvalue weighted by molar-refractivity contribution is 6.48. The lowest BCUT2D eigenvalue weighted by Gasteiger charge is -2.39. The maximum atomic E-state index is 12.9. The van der Waals surface area contributed by atoms with Gasteiger partial charge in [-0.3, -0.25) is 9.69 Å². The third-order valence-corrected chi connectivity index (χ3v) is 5.27. The molecule has 1 aliphatic rings. The zero-order chi connectivity index (χ0) is 19.6. The molecule has 1 amide bonds. The van der Waals surface area contributed by atoms with Crippen LogP contribution in [0.5, 0.6) is 0 Å². The molecule has 0 aromatic carbocycles. The number of Topliss-reactive ketones (excluding diaryl/α,β-unsaturated/α-hetero) is 1. The Morgan fingerprint density at radius 1 is 1.20 bits per heavy atom. The third-order valence-electron chi connectivity index (χ3n) is 4.41. The molecule has 0 aliphatic carbocycles. The molecule has 1 heterocycles. The summed E-state index contributed by atoms with van der Waals surface area (Å²) in [5.74, 6) is -0.135. The molecule has 0 radical (unpaired) electrons. The molecule has 0 aromatic heterocycles. The molecule has 1 N–H and O–H groups in total. The van der Waals surface area contributed by atoms with E-state index in [0.717, 1.165) is 0 Å². The van der Waals surface area contributed by atoms with Crippen LogP contribution in [-0.4, -0.2) is 55.4 Å². The molecule has 0 aromatic rings. The maximum Gasteiger partial charge on any atom is 0.412 e. The molecular weight excluding hydrogens is 338 g/mol. The van der Waals surface area contributed by atoms with Gasteiger partial charge in [-0.15, -0.1) is 0 Å². The van der Waals surface area contributed by atoms with Gasteiger partial charge >= 0.3 is 6.09 Å². The van der Waals surface area contributed by atoms with Gasteiger partial charge in [0.05, 0.1) is 6.61 Å². The van der Waals surface area contributed by atoms with Gasteiger partial charge in [0.25, 0.3) is 0 Å². The number of amides is 1. The number of hydrogen-bond donors (Lipinski definition) is 1. The first kappa shape index (κ1) is 22.1. The van der Waals surface area contributed by atoms with E-state index in [9.17, 15) is 14.7 Å². The quantitative estimate of drug-likeness (QED) is 0.750. The Kier molecular flexibility index (Phi) is 6.86. The van der Waals surface area contributed by atoms with Crippen molar-refractivity contribution in [2.75, 3.05) is 13.2 Å². The van der Waals surface area contributed by atoms with Gasteiger partial charge in [-0.25, -0.2) is 4.79 Å². The fraction of sp³-hybridized carbons (Fsp3) is 0.889. The predicted octanol–water partition coefficient (Wildman–Crippen LogP) is 2.94. The number of aliphatic hydroxyl groups is 1. The van der Waals surface area contributed by atoms with Crippen molar-refractivity contribution in [2.24, 2.45) is 11.3 Å². The Hall–Kier alpha value is -0.923. The van der Waals surface area contributed by atoms with Gasteiger partial charge < -0.3 is 14.3 Å². The summed E-state index contributed by atoms with van der Waals surface area (Å²) in [5, 5.41) is 9.28. The Morgan fingerprint density at radius 2 is 1.76 bits per heavy atom. The Bertz CT molecular complexity index is 495. The van der Waals surface area contributed by atoms with Gasteiger partial charge in [0, 0.05) is 19.4 Å². The highest BCUT2D eigenvalue weighted by Gasteiger charge is 2.57. The molecule has 25 heavy (non-hydrogen) atoms. The van der Waals surface area contributed by atoms with Crippen molar-refractivity contribution in [1.29, 1.82) is 0 Å². The first-order chi connectivity index (χ1) is 11.2. The normalized spacial score (nSPS) is 24.7. The van der Waals surface area contributed by atoms with Crippen LogP contribution in [-0.2, 0) is 14.0 Å². The smallest absolute Gasteiger partial charge is 0.412 e. The minimum absolute atomic E-state index is 0.0305. The van der Waals surface area contributed by atoms with Gasteiger partial charge in [-0.1, -0.05) is 20.8 Å². The van der Waals surface area contributed by atoms with Gasteiger partial charge in [0.2, 0.25) is 0 Å². The number of hydrogen-bond acceptors (Lipinski definition) is 5. The lowest BCUT2D eigenvalue weighted by molar-refractivity contribution is -0.149. The summed E-state index contributed by atoms with van der Waals surface area (Å²) in [7, 11) is -1.64. The van der Waals surface area contributed by atoms with Crippen molar-refractivity contribution < 1.29 is 23.9 Å². The molecule has 6 nitrogen and oxygen atoms in total. The van der Waals surface area contributed by atoms with E-state index in [4.69, 9.17) is 9.16 Å². The number of ether oxygens (including phenoxy) is 1. The number of ketones is 1. The van der Waals surface area contributed by atoms with Gasteiger partial charge in [0.1, 0.15) is 5.60 Å². The largest absolute Gasteiger partial charge is 0.444 e. The summed E-state index contributed by atoms with van der Waals surface area (Å²) in [5.41, 5.74) is -2.05. The molecule has 0 bridgehead atoms. The van der Waals surface area contributed by atoms with Crippen molar-refractivity contribution >= 4 is 20.9 Å². The van der Waals surface area contributed by atoms with Crippen LogP contribution in [0.2, 0.25) is 13.1 Å². The molecule has 0 saturated carbocycles. The third kappa shape index (κ3) is 5.52. The standard InChI is InChI=1S/C18H35NO5Si/c1-16(2,3)13-11-18(24-25(7)8,14(21)9-10-20)19(12-13)15(22)23-17(4,5)6/h13,20,25H,9-12H2,1-8H3/t13-,18-/m0/s1. The van der Waals surface area contributed by atoms with Gasteiger partial charge in [-0.05, 0) is 45.2 Å². The molecule has 7 heteroatoms. The molecule has 2 atom stereocenters. The fourth-order valence-corrected chi connectivity index (χ4v) is 4.26. The second-order valence-electron chi connectivity index (χ2n) is 9.21. The summed E-state index contributed by atoms with van der Waals surface area (Å²) in [6, 6.07) is 0. The number of likely N-dealkylation sites (tertiary alicyclic amines) is 1. The summed E-state index contributed by atoms with van der Waals surface area (Å²) in [6.07, 6.45) is -0.114. The predicted molar refractivity (Wildman–Crippen MR) is 99.9 cm³/mol. The molecule has 0 spiro atoms. The van der Waals surface area contributed by atoms with E-state index < -0.39 is 26.5 Å². The van der Waals surface area contributed by atoms with Crippen molar-refractivity contribution in [1.82, 2.24) is 4.90 Å². The maximum absolute atomic E-state index is 12.9. The summed E-state index contributed by atoms with van der Waals surface area (Å²) < 4.78 is 11.7. The number of aliphatic hydroxyl groups excluding tert-OH is 1. The van der Waals surface area contributed by atoms with Crippen LogP contribution in [0.1, 0.15) is 54.4 Å². The topological polar surface area (TPSA) is 76.1 Å². The molecule has 1 rings (SSSR count). The van der Waals surface area contributed by atoms with Crippen LogP contribution in [0.4, 0.5) is 4.79 Å². The van der Waals surface area contributed by atoms with Crippen molar-refractivity contribution in [3.8, 4) is 0 Å². The number of carbonyl (C=O) groups excluding carboxylic acids is 2. The zero-order valence-corrected chi connectivity index (χ0v) is 18.2. The van der Waals surface area contributed by atoms with Crippen LogP contribution < -0.4 is 0 Å². The van der Waals surface area contributed by atoms with Crippen LogP contribution in [0.15, 0.2) is 0 Å². The van der Waals surface area contributed by atoms with E-state index in [2.05, 4.69) is 20.8 Å². The highest BCUT2D eigenvalue weighted by Crippen LogP contribution is 2.44. The monoisotopic (exact) mass is 373 g/mol. The number of nitrogens with zero attached hydrogens (tertiary/aromatic N) is 1. The lowest BCUT2D eigenvalue weighted by Crippen LogP contribution is -2.57. The number of carbonyl (C=O) groups is 2. The minimum atomic E-state index is -1.64. The van der Waals surface area contributed by atoms with E-state index in [1.807, 2.05) is 13.1 Å². The second-order valence-corrected chi connectivity index (χ2v) is 11.5. The van der Waals surface area contributed by atoms with Crippen LogP contribution in [0, 0.1) is 11.3 Å². The highest BCUT2D eigenvalue weighted by atomic mass is 28.3. The summed E-state index contributed by atoms with van der Waals surface area (Å²) in [4.78, 5) is 27.3. The second kappa shape index (κ2) is 7.76. The molecular formula is C18H35NO5Si. The van der Waals surface area contributed by atoms with Crippen LogP contribution in [0.25, 0.3) is 0 Å². The first-order valence-corrected chi connectivity index (χ1v) is 11.8. The Morgan fingerprint density at radius 3 is 2.16 bits per heavy atom. The van der Waals surface area contributed by atoms with Crippen LogP contribution in [0.3, 0.4) is 0 Å². The number of rotatable bonds is 5. The van der Waals surface area contributed by atoms with Crippen LogP contribution >= 0.6 is 0 Å². The van der Waals surface area contributed by atoms with Gasteiger partial charge in [0.15, 0.2) is 20.5 Å². The summed E-state index contributed by atoms with van der Waals surface area (Å²) in [6.45, 7) is 15.8. The van der Waals surface area contributed by atoms with E-state index in [0.29, 0.717) is 13.0 Å². The fourth-order valence-electron chi connectivity index (χ4n) is 3.12. The van der Waals surface area contributed by atoms with E-state index in [1.54, 1.807) is 20.8 Å². The first-order valence-electron chi connectivity index (χ1n) is 9.05. The average Bonchev–Trinajstić information content (AvgIpc) is 2.77. The molecule has 1 aliphatic heterocycles. The average molecular weight is 374 g/mol. The van der Waals surface area contributed by atoms with E-state index in [1.165, 1.54) is 4.90 Å². The van der Waals surface area contributed by atoms with E-state index >= 15 is 0 Å². The minimum Gasteiger partial charge on any atom is -0.444 e. The van der Waals surface area contributed by atoms with E-state index in [-0.39, 0.29) is 30.1 Å². The zero-order valence-electron chi connectivity index (χ0n) is 17.0. The molecule has 0 unspecified atom stereocenters. The summed E-state index contributed by atoms with van der Waals surface area (Å²) >= 11 is 0. The molecule has 1 fully saturated rings. The van der Waals surface area contributed by atoms with Crippen molar-refractivity contribution in [3.05, 3.63) is 0 Å². The Labute approximate surface area is 153 Å². The van der Waals surface area contributed by atoms with Crippen molar-refractivity contribution in [2.45, 2.75) is 78.8 Å². The lowest BCUT2D eigenvalue weighted by atomic mass is 9.78. The molecule has 146 valence electrons. The Balaban J connectivity index is 3.32.